The molecule has 0 aromatic rings. The van der Waals surface area contributed by atoms with Crippen LogP contribution in [-0.2, 0) is 15.5 Å². The third kappa shape index (κ3) is 3.82. The summed E-state index contributed by atoms with van der Waals surface area (Å²) in [7, 11) is -0.551. The lowest BCUT2D eigenvalue weighted by Crippen LogP contribution is -2.29. The Morgan fingerprint density at radius 3 is 2.64 bits per heavy atom. The zero-order valence-electron chi connectivity index (χ0n) is 9.12. The summed E-state index contributed by atoms with van der Waals surface area (Å²) >= 11 is 0. The molecule has 1 aliphatic heterocycles. The van der Waals surface area contributed by atoms with Gasteiger partial charge in [-0.15, -0.1) is 0 Å². The van der Waals surface area contributed by atoms with E-state index in [0.717, 1.165) is 37.4 Å². The van der Waals surface area contributed by atoms with Gasteiger partial charge in [0.15, 0.2) is 0 Å². The van der Waals surface area contributed by atoms with Gasteiger partial charge in [0.1, 0.15) is 0 Å². The van der Waals surface area contributed by atoms with Crippen LogP contribution in [0.1, 0.15) is 33.1 Å². The molecule has 0 radical (unpaired) electrons. The Labute approximate surface area is 89.2 Å². The molecule has 1 rings (SSSR count). The molecule has 2 nitrogen and oxygen atoms in total. The minimum atomic E-state index is -0.551. The van der Waals surface area contributed by atoms with Crippen LogP contribution in [0.5, 0.6) is 0 Å². The van der Waals surface area contributed by atoms with Gasteiger partial charge in [-0.05, 0) is 31.6 Å². The van der Waals surface area contributed by atoms with Crippen molar-refractivity contribution in [2.75, 3.05) is 18.1 Å². The maximum Gasteiger partial charge on any atom is 0.0878 e. The molecule has 0 bridgehead atoms. The molecule has 82 valence electrons. The summed E-state index contributed by atoms with van der Waals surface area (Å²) in [6, 6.07) is 0. The topological polar surface area (TPSA) is 26.3 Å². The number of ether oxygens (including phenoxy) is 1. The number of allylic oxidation sites excluding steroid dienone is 1. The van der Waals surface area contributed by atoms with Crippen molar-refractivity contribution in [2.24, 2.45) is 5.41 Å². The monoisotopic (exact) mass is 216 g/mol. The standard InChI is InChI=1S/C11H20O2S/c1-3-7-13-8-4-11(2)5-9-14(12)10-6-11/h3,7H,4-6,8-10H2,1-2H3/b7-3+. The summed E-state index contributed by atoms with van der Waals surface area (Å²) in [6.07, 6.45) is 6.88. The van der Waals surface area contributed by atoms with E-state index in [4.69, 9.17) is 4.74 Å². The molecule has 0 amide bonds. The zero-order chi connectivity index (χ0) is 10.4. The lowest BCUT2D eigenvalue weighted by molar-refractivity contribution is 0.166. The molecule has 1 aliphatic rings. The summed E-state index contributed by atoms with van der Waals surface area (Å²) in [6.45, 7) is 5.02. The highest BCUT2D eigenvalue weighted by Gasteiger charge is 2.29. The van der Waals surface area contributed by atoms with E-state index in [1.165, 1.54) is 0 Å². The van der Waals surface area contributed by atoms with Gasteiger partial charge in [0.05, 0.1) is 12.9 Å². The molecular weight excluding hydrogens is 196 g/mol. The Bertz CT molecular complexity index is 213. The lowest BCUT2D eigenvalue weighted by Gasteiger charge is -2.32. The highest BCUT2D eigenvalue weighted by molar-refractivity contribution is 7.85. The summed E-state index contributed by atoms with van der Waals surface area (Å²) < 4.78 is 16.5. The quantitative estimate of drug-likeness (QED) is 0.533. The second kappa shape index (κ2) is 5.54. The Kier molecular flexibility index (Phi) is 4.66. The SMILES string of the molecule is C/C=C/OCCC1(C)CCS(=O)CC1. The van der Waals surface area contributed by atoms with E-state index < -0.39 is 10.8 Å². The fourth-order valence-electron chi connectivity index (χ4n) is 1.67. The zero-order valence-corrected chi connectivity index (χ0v) is 9.94. The second-order valence-corrected chi connectivity index (χ2v) is 5.95. The van der Waals surface area contributed by atoms with Gasteiger partial charge in [-0.25, -0.2) is 0 Å². The van der Waals surface area contributed by atoms with Crippen LogP contribution in [0.3, 0.4) is 0 Å². The molecular formula is C11H20O2S. The van der Waals surface area contributed by atoms with Gasteiger partial charge in [0, 0.05) is 22.3 Å². The summed E-state index contributed by atoms with van der Waals surface area (Å²) in [5.74, 6) is 1.75. The molecule has 0 spiro atoms. The molecule has 14 heavy (non-hydrogen) atoms. The van der Waals surface area contributed by atoms with E-state index in [1.807, 2.05) is 13.0 Å². The molecule has 0 aromatic heterocycles. The van der Waals surface area contributed by atoms with E-state index in [1.54, 1.807) is 6.26 Å². The molecule has 1 saturated heterocycles. The van der Waals surface area contributed by atoms with E-state index in [9.17, 15) is 4.21 Å². The Balaban J connectivity index is 2.24. The van der Waals surface area contributed by atoms with Crippen molar-refractivity contribution in [1.82, 2.24) is 0 Å². The molecule has 3 heteroatoms. The highest BCUT2D eigenvalue weighted by atomic mass is 32.2. The van der Waals surface area contributed by atoms with E-state index in [-0.39, 0.29) is 0 Å². The van der Waals surface area contributed by atoms with Crippen molar-refractivity contribution in [3.05, 3.63) is 12.3 Å². The van der Waals surface area contributed by atoms with Gasteiger partial charge in [0.25, 0.3) is 0 Å². The maximum absolute atomic E-state index is 11.2. The van der Waals surface area contributed by atoms with Gasteiger partial charge in [-0.2, -0.15) is 0 Å². The first-order valence-electron chi connectivity index (χ1n) is 5.24. The predicted octanol–water partition coefficient (Wildman–Crippen LogP) is 2.48. The van der Waals surface area contributed by atoms with Crippen LogP contribution in [0.25, 0.3) is 0 Å². The van der Waals surface area contributed by atoms with Crippen molar-refractivity contribution in [2.45, 2.75) is 33.1 Å². The van der Waals surface area contributed by atoms with Crippen molar-refractivity contribution in [1.29, 1.82) is 0 Å². The maximum atomic E-state index is 11.2. The van der Waals surface area contributed by atoms with Crippen molar-refractivity contribution in [3.8, 4) is 0 Å². The fourth-order valence-corrected chi connectivity index (χ4v) is 3.31. The van der Waals surface area contributed by atoms with E-state index in [0.29, 0.717) is 5.41 Å². The van der Waals surface area contributed by atoms with Crippen LogP contribution >= 0.6 is 0 Å². The number of hydrogen-bond acceptors (Lipinski definition) is 2. The van der Waals surface area contributed by atoms with E-state index in [2.05, 4.69) is 6.92 Å². The van der Waals surface area contributed by atoms with Crippen LogP contribution in [0.4, 0.5) is 0 Å². The molecule has 1 heterocycles. The van der Waals surface area contributed by atoms with Gasteiger partial charge >= 0.3 is 0 Å². The highest BCUT2D eigenvalue weighted by Crippen LogP contribution is 2.34. The molecule has 0 unspecified atom stereocenters. The fraction of sp³-hybridized carbons (Fsp3) is 0.818. The molecule has 0 aromatic carbocycles. The van der Waals surface area contributed by atoms with Gasteiger partial charge in [-0.1, -0.05) is 13.0 Å². The van der Waals surface area contributed by atoms with E-state index >= 15 is 0 Å². The minimum absolute atomic E-state index is 0.357. The first-order valence-corrected chi connectivity index (χ1v) is 6.73. The normalized spacial score (nSPS) is 33.4. The van der Waals surface area contributed by atoms with Crippen molar-refractivity contribution < 1.29 is 8.95 Å². The van der Waals surface area contributed by atoms with Crippen molar-refractivity contribution in [3.63, 3.8) is 0 Å². The van der Waals surface area contributed by atoms with Gasteiger partial charge in [0.2, 0.25) is 0 Å². The van der Waals surface area contributed by atoms with Crippen LogP contribution in [-0.4, -0.2) is 22.3 Å². The predicted molar refractivity (Wildman–Crippen MR) is 60.6 cm³/mol. The number of rotatable bonds is 4. The van der Waals surface area contributed by atoms with Crippen LogP contribution in [0, 0.1) is 5.41 Å². The summed E-state index contributed by atoms with van der Waals surface area (Å²) in [4.78, 5) is 0. The average Bonchev–Trinajstić information content (AvgIpc) is 2.18. The summed E-state index contributed by atoms with van der Waals surface area (Å²) in [5, 5.41) is 0. The Morgan fingerprint density at radius 2 is 2.07 bits per heavy atom. The second-order valence-electron chi connectivity index (χ2n) is 4.25. The first kappa shape index (κ1) is 11.8. The van der Waals surface area contributed by atoms with Crippen LogP contribution < -0.4 is 0 Å². The van der Waals surface area contributed by atoms with Crippen molar-refractivity contribution >= 4 is 10.8 Å². The Hall–Kier alpha value is -0.310. The average molecular weight is 216 g/mol. The van der Waals surface area contributed by atoms with Crippen LogP contribution in [0.15, 0.2) is 12.3 Å². The molecule has 0 aliphatic carbocycles. The largest absolute Gasteiger partial charge is 0.502 e. The van der Waals surface area contributed by atoms with Gasteiger partial charge in [-0.3, -0.25) is 4.21 Å². The lowest BCUT2D eigenvalue weighted by atomic mass is 9.81. The molecule has 0 saturated carbocycles. The van der Waals surface area contributed by atoms with Gasteiger partial charge < -0.3 is 4.74 Å². The summed E-state index contributed by atoms with van der Waals surface area (Å²) in [5.41, 5.74) is 0.357. The molecule has 0 N–H and O–H groups in total. The smallest absolute Gasteiger partial charge is 0.0878 e. The third-order valence-corrected chi connectivity index (χ3v) is 4.24. The minimum Gasteiger partial charge on any atom is -0.502 e. The molecule has 1 fully saturated rings. The Morgan fingerprint density at radius 1 is 1.43 bits per heavy atom. The van der Waals surface area contributed by atoms with Crippen LogP contribution in [0.2, 0.25) is 0 Å². The molecule has 0 atom stereocenters. The number of hydrogen-bond donors (Lipinski definition) is 0. The third-order valence-electron chi connectivity index (χ3n) is 2.92. The first-order chi connectivity index (χ1) is 6.66.